The second kappa shape index (κ2) is 7.28. The van der Waals surface area contributed by atoms with Gasteiger partial charge < -0.3 is 15.3 Å². The molecular formula is C16H18F4N2O3. The van der Waals surface area contributed by atoms with Gasteiger partial charge in [0.2, 0.25) is 0 Å². The molecule has 0 bridgehead atoms. The molecule has 1 aromatic carbocycles. The molecule has 0 atom stereocenters. The molecule has 1 aliphatic heterocycles. The molecule has 138 valence electrons. The fourth-order valence-electron chi connectivity index (χ4n) is 2.99. The summed E-state index contributed by atoms with van der Waals surface area (Å²) in [5, 5.41) is 10.9. The molecule has 2 rings (SSSR count). The second-order valence-electron chi connectivity index (χ2n) is 6.25. The van der Waals surface area contributed by atoms with Crippen LogP contribution in [0.5, 0.6) is 0 Å². The highest BCUT2D eigenvalue weighted by atomic mass is 19.4. The van der Waals surface area contributed by atoms with E-state index >= 15 is 0 Å². The number of carbonyl (C=O) groups excluding carboxylic acids is 1. The Bertz CT molecular complexity index is 623. The number of carbonyl (C=O) groups is 2. The quantitative estimate of drug-likeness (QED) is 0.810. The van der Waals surface area contributed by atoms with E-state index in [-0.39, 0.29) is 19.6 Å². The van der Waals surface area contributed by atoms with Crippen molar-refractivity contribution in [3.8, 4) is 0 Å². The molecule has 0 spiro atoms. The number of hydrogen-bond donors (Lipinski definition) is 2. The SMILES string of the molecule is O=C(O)N1CCC(CNC(=O)C(F)(F)F)(Cc2ccc(F)cc2)CC1. The highest BCUT2D eigenvalue weighted by Gasteiger charge is 2.42. The van der Waals surface area contributed by atoms with E-state index in [1.165, 1.54) is 29.2 Å². The Labute approximate surface area is 141 Å². The molecule has 0 aliphatic carbocycles. The fourth-order valence-corrected chi connectivity index (χ4v) is 2.99. The van der Waals surface area contributed by atoms with Crippen LogP contribution in [0.15, 0.2) is 24.3 Å². The van der Waals surface area contributed by atoms with Gasteiger partial charge in [-0.2, -0.15) is 13.2 Å². The van der Waals surface area contributed by atoms with Crippen LogP contribution in [-0.2, 0) is 11.2 Å². The molecule has 0 aromatic heterocycles. The highest BCUT2D eigenvalue weighted by molar-refractivity contribution is 5.81. The topological polar surface area (TPSA) is 69.6 Å². The lowest BCUT2D eigenvalue weighted by Gasteiger charge is -2.41. The normalized spacial score (nSPS) is 17.2. The van der Waals surface area contributed by atoms with E-state index in [1.807, 2.05) is 5.32 Å². The molecule has 1 heterocycles. The Balaban J connectivity index is 2.12. The molecule has 1 aromatic rings. The van der Waals surface area contributed by atoms with E-state index < -0.39 is 29.4 Å². The number of carboxylic acid groups (broad SMARTS) is 1. The lowest BCUT2D eigenvalue weighted by atomic mass is 9.73. The Kier molecular flexibility index (Phi) is 5.54. The predicted molar refractivity (Wildman–Crippen MR) is 80.4 cm³/mol. The minimum Gasteiger partial charge on any atom is -0.465 e. The van der Waals surface area contributed by atoms with E-state index in [0.717, 1.165) is 0 Å². The largest absolute Gasteiger partial charge is 0.471 e. The van der Waals surface area contributed by atoms with E-state index in [4.69, 9.17) is 5.11 Å². The third kappa shape index (κ3) is 5.07. The first-order valence-electron chi connectivity index (χ1n) is 7.69. The van der Waals surface area contributed by atoms with Gasteiger partial charge in [0, 0.05) is 19.6 Å². The van der Waals surface area contributed by atoms with Crippen LogP contribution in [0.4, 0.5) is 22.4 Å². The molecule has 0 saturated carbocycles. The van der Waals surface area contributed by atoms with Gasteiger partial charge in [-0.05, 0) is 42.4 Å². The number of likely N-dealkylation sites (tertiary alicyclic amines) is 1. The first kappa shape index (κ1) is 19.0. The fraction of sp³-hybridized carbons (Fsp3) is 0.500. The maximum absolute atomic E-state index is 13.0. The van der Waals surface area contributed by atoms with Crippen LogP contribution in [0, 0.1) is 11.2 Å². The zero-order valence-corrected chi connectivity index (χ0v) is 13.3. The molecular weight excluding hydrogens is 344 g/mol. The van der Waals surface area contributed by atoms with Crippen LogP contribution in [0.1, 0.15) is 18.4 Å². The van der Waals surface area contributed by atoms with E-state index in [0.29, 0.717) is 24.8 Å². The summed E-state index contributed by atoms with van der Waals surface area (Å²) in [6.45, 7) is 0.104. The van der Waals surface area contributed by atoms with E-state index in [2.05, 4.69) is 0 Å². The maximum atomic E-state index is 13.0. The van der Waals surface area contributed by atoms with Gasteiger partial charge in [-0.25, -0.2) is 9.18 Å². The van der Waals surface area contributed by atoms with Gasteiger partial charge >= 0.3 is 18.2 Å². The number of halogens is 4. The number of benzene rings is 1. The van der Waals surface area contributed by atoms with Crippen molar-refractivity contribution < 1.29 is 32.3 Å². The summed E-state index contributed by atoms with van der Waals surface area (Å²) in [5.41, 5.74) is -0.00328. The third-order valence-electron chi connectivity index (χ3n) is 4.47. The summed E-state index contributed by atoms with van der Waals surface area (Å²) in [6, 6.07) is 5.58. The Morgan fingerprint density at radius 2 is 1.72 bits per heavy atom. The van der Waals surface area contributed by atoms with Gasteiger partial charge in [-0.15, -0.1) is 0 Å². The maximum Gasteiger partial charge on any atom is 0.471 e. The van der Waals surface area contributed by atoms with Gasteiger partial charge in [-0.3, -0.25) is 4.79 Å². The molecule has 5 nitrogen and oxygen atoms in total. The number of rotatable bonds is 4. The van der Waals surface area contributed by atoms with Crippen LogP contribution < -0.4 is 5.32 Å². The molecule has 2 amide bonds. The lowest BCUT2D eigenvalue weighted by molar-refractivity contribution is -0.174. The molecule has 1 fully saturated rings. The molecule has 25 heavy (non-hydrogen) atoms. The Morgan fingerprint density at radius 3 is 2.20 bits per heavy atom. The van der Waals surface area contributed by atoms with Crippen LogP contribution in [0.3, 0.4) is 0 Å². The summed E-state index contributed by atoms with van der Waals surface area (Å²) in [4.78, 5) is 23.3. The summed E-state index contributed by atoms with van der Waals surface area (Å²) >= 11 is 0. The summed E-state index contributed by atoms with van der Waals surface area (Å²) in [6.07, 6.45) is -5.14. The Morgan fingerprint density at radius 1 is 1.16 bits per heavy atom. The number of amides is 2. The smallest absolute Gasteiger partial charge is 0.465 e. The van der Waals surface area contributed by atoms with Crippen molar-refractivity contribution in [1.29, 1.82) is 0 Å². The first-order valence-corrected chi connectivity index (χ1v) is 7.69. The van der Waals surface area contributed by atoms with Crippen LogP contribution in [0.2, 0.25) is 0 Å². The van der Waals surface area contributed by atoms with Crippen molar-refractivity contribution in [2.75, 3.05) is 19.6 Å². The van der Waals surface area contributed by atoms with E-state index in [9.17, 15) is 27.2 Å². The van der Waals surface area contributed by atoms with Crippen molar-refractivity contribution in [1.82, 2.24) is 10.2 Å². The van der Waals surface area contributed by atoms with Crippen LogP contribution >= 0.6 is 0 Å². The number of piperidine rings is 1. The van der Waals surface area contributed by atoms with E-state index in [1.54, 1.807) is 0 Å². The Hall–Kier alpha value is -2.32. The lowest BCUT2D eigenvalue weighted by Crippen LogP contribution is -2.50. The summed E-state index contributed by atoms with van der Waals surface area (Å²) in [7, 11) is 0. The van der Waals surface area contributed by atoms with Crippen LogP contribution in [-0.4, -0.2) is 47.8 Å². The number of hydrogen-bond acceptors (Lipinski definition) is 2. The molecule has 2 N–H and O–H groups in total. The highest BCUT2D eigenvalue weighted by Crippen LogP contribution is 2.35. The standard InChI is InChI=1S/C16H18F4N2O3/c17-12-3-1-11(2-4-12)9-15(10-21-13(23)16(18,19)20)5-7-22(8-6-15)14(24)25/h1-4H,5-10H2,(H,21,23)(H,24,25). The zero-order valence-electron chi connectivity index (χ0n) is 13.3. The second-order valence-corrected chi connectivity index (χ2v) is 6.25. The van der Waals surface area contributed by atoms with Crippen molar-refractivity contribution in [2.45, 2.75) is 25.4 Å². The molecule has 1 aliphatic rings. The molecule has 1 saturated heterocycles. The minimum atomic E-state index is -4.97. The van der Waals surface area contributed by atoms with Crippen molar-refractivity contribution >= 4 is 12.0 Å². The van der Waals surface area contributed by atoms with Gasteiger partial charge in [0.1, 0.15) is 5.82 Å². The number of nitrogens with zero attached hydrogens (tertiary/aromatic N) is 1. The third-order valence-corrected chi connectivity index (χ3v) is 4.47. The van der Waals surface area contributed by atoms with Crippen molar-refractivity contribution in [2.24, 2.45) is 5.41 Å². The van der Waals surface area contributed by atoms with Crippen LogP contribution in [0.25, 0.3) is 0 Å². The van der Waals surface area contributed by atoms with Gasteiger partial charge in [-0.1, -0.05) is 12.1 Å². The zero-order chi connectivity index (χ0) is 18.7. The molecule has 9 heteroatoms. The summed E-state index contributed by atoms with van der Waals surface area (Å²) < 4.78 is 50.3. The predicted octanol–water partition coefficient (Wildman–Crippen LogP) is 2.81. The van der Waals surface area contributed by atoms with Gasteiger partial charge in [0.15, 0.2) is 0 Å². The molecule has 0 radical (unpaired) electrons. The summed E-state index contributed by atoms with van der Waals surface area (Å²) in [5.74, 6) is -2.45. The first-order chi connectivity index (χ1) is 11.6. The monoisotopic (exact) mass is 362 g/mol. The van der Waals surface area contributed by atoms with Crippen molar-refractivity contribution in [3.63, 3.8) is 0 Å². The number of nitrogens with one attached hydrogen (secondary N) is 1. The average molecular weight is 362 g/mol. The minimum absolute atomic E-state index is 0.165. The van der Waals surface area contributed by atoms with Gasteiger partial charge in [0.05, 0.1) is 0 Å². The molecule has 0 unspecified atom stereocenters. The average Bonchev–Trinajstić information content (AvgIpc) is 2.54. The van der Waals surface area contributed by atoms with Crippen molar-refractivity contribution in [3.05, 3.63) is 35.6 Å². The number of alkyl halides is 3. The van der Waals surface area contributed by atoms with Gasteiger partial charge in [0.25, 0.3) is 0 Å².